The second kappa shape index (κ2) is 4.36. The summed E-state index contributed by atoms with van der Waals surface area (Å²) in [5, 5.41) is 0. The van der Waals surface area contributed by atoms with Crippen LogP contribution in [0.25, 0.3) is 12.2 Å². The van der Waals surface area contributed by atoms with Crippen molar-refractivity contribution in [3.8, 4) is 0 Å². The van der Waals surface area contributed by atoms with Crippen LogP contribution in [0.2, 0.25) is 0 Å². The van der Waals surface area contributed by atoms with Crippen LogP contribution >= 0.6 is 0 Å². The molecule has 0 spiro atoms. The third-order valence-electron chi connectivity index (χ3n) is 2.61. The molecule has 2 aromatic heterocycles. The first-order valence-corrected chi connectivity index (χ1v) is 5.24. The van der Waals surface area contributed by atoms with Crippen molar-refractivity contribution in [1.29, 1.82) is 0 Å². The molecule has 0 bridgehead atoms. The molecule has 94 valence electrons. The molecule has 7 nitrogen and oxygen atoms in total. The maximum absolute atomic E-state index is 11.4. The number of aromatic nitrogens is 4. The predicted molar refractivity (Wildman–Crippen MR) is 67.4 cm³/mol. The Morgan fingerprint density at radius 3 is 2.44 bits per heavy atom. The van der Waals surface area contributed by atoms with Gasteiger partial charge in [0.2, 0.25) is 0 Å². The van der Waals surface area contributed by atoms with Crippen molar-refractivity contribution in [3.63, 3.8) is 0 Å². The van der Waals surface area contributed by atoms with E-state index in [9.17, 15) is 14.4 Å². The molecule has 7 heteroatoms. The lowest BCUT2D eigenvalue weighted by molar-refractivity contribution is 0.853. The largest absolute Gasteiger partial charge is 0.325 e. The fourth-order valence-corrected chi connectivity index (χ4v) is 1.62. The molecule has 2 heterocycles. The Morgan fingerprint density at radius 1 is 1.17 bits per heavy atom. The fraction of sp³-hybridized carbons (Fsp3) is 0.182. The van der Waals surface area contributed by atoms with Gasteiger partial charge >= 0.3 is 11.4 Å². The van der Waals surface area contributed by atoms with Gasteiger partial charge in [-0.1, -0.05) is 0 Å². The van der Waals surface area contributed by atoms with Crippen LogP contribution < -0.4 is 16.9 Å². The summed E-state index contributed by atoms with van der Waals surface area (Å²) in [7, 11) is 1.63. The zero-order valence-corrected chi connectivity index (χ0v) is 9.90. The summed E-state index contributed by atoms with van der Waals surface area (Å²) in [5.74, 6) is 0. The summed E-state index contributed by atoms with van der Waals surface area (Å²) < 4.78 is 1.44. The molecular weight excluding hydrogens is 236 g/mol. The highest BCUT2D eigenvalue weighted by Crippen LogP contribution is 2.05. The Balaban J connectivity index is 2.45. The second-order valence-electron chi connectivity index (χ2n) is 3.86. The van der Waals surface area contributed by atoms with Crippen molar-refractivity contribution in [1.82, 2.24) is 19.5 Å². The quantitative estimate of drug-likeness (QED) is 0.671. The van der Waals surface area contributed by atoms with E-state index in [1.807, 2.05) is 0 Å². The van der Waals surface area contributed by atoms with E-state index < -0.39 is 11.2 Å². The van der Waals surface area contributed by atoms with Gasteiger partial charge in [0.15, 0.2) is 0 Å². The molecule has 18 heavy (non-hydrogen) atoms. The first-order chi connectivity index (χ1) is 8.49. The summed E-state index contributed by atoms with van der Waals surface area (Å²) in [6, 6.07) is 0. The zero-order chi connectivity index (χ0) is 13.3. The molecule has 0 aliphatic rings. The van der Waals surface area contributed by atoms with Crippen LogP contribution in [0.1, 0.15) is 17.0 Å². The van der Waals surface area contributed by atoms with E-state index in [-0.39, 0.29) is 5.69 Å². The minimum absolute atomic E-state index is 0.220. The first kappa shape index (κ1) is 11.9. The number of hydrogen-bond donors (Lipinski definition) is 3. The third-order valence-corrected chi connectivity index (χ3v) is 2.61. The summed E-state index contributed by atoms with van der Waals surface area (Å²) in [6.45, 7) is 1.76. The highest BCUT2D eigenvalue weighted by molar-refractivity contribution is 5.68. The summed E-state index contributed by atoms with van der Waals surface area (Å²) in [6.07, 6.45) is 4.48. The van der Waals surface area contributed by atoms with E-state index in [0.29, 0.717) is 17.0 Å². The summed E-state index contributed by atoms with van der Waals surface area (Å²) in [5.41, 5.74) is 0.436. The topological polar surface area (TPSA) is 104 Å². The average molecular weight is 248 g/mol. The van der Waals surface area contributed by atoms with Crippen LogP contribution in [0.15, 0.2) is 20.6 Å². The van der Waals surface area contributed by atoms with E-state index >= 15 is 0 Å². The van der Waals surface area contributed by atoms with Gasteiger partial charge in [-0.2, -0.15) is 0 Å². The number of aryl methyl sites for hydroxylation is 1. The Kier molecular flexibility index (Phi) is 2.88. The maximum Gasteiger partial charge on any atom is 0.325 e. The maximum atomic E-state index is 11.4. The monoisotopic (exact) mass is 248 g/mol. The van der Waals surface area contributed by atoms with E-state index in [1.54, 1.807) is 20.0 Å². The standard InChI is InChI=1S/C11H12N4O3/c1-6-8(15(2)11(18)13-6)4-3-7-5-12-10(17)14-9(7)16/h3-5H,1-2H3,(H,13,18)(H2,12,14,16,17)/b4-3+. The molecule has 2 rings (SSSR count). The van der Waals surface area contributed by atoms with Crippen molar-refractivity contribution < 1.29 is 0 Å². The van der Waals surface area contributed by atoms with Crippen LogP contribution in [-0.2, 0) is 7.05 Å². The Hall–Kier alpha value is -2.57. The smallest absolute Gasteiger partial charge is 0.314 e. The van der Waals surface area contributed by atoms with Crippen LogP contribution in [0.3, 0.4) is 0 Å². The Bertz CT molecular complexity index is 773. The minimum Gasteiger partial charge on any atom is -0.314 e. The highest BCUT2D eigenvalue weighted by atomic mass is 16.2. The SMILES string of the molecule is Cc1[nH]c(=O)n(C)c1/C=C/c1c[nH]c(=O)[nH]c1=O. The second-order valence-corrected chi connectivity index (χ2v) is 3.86. The zero-order valence-electron chi connectivity index (χ0n) is 9.90. The molecule has 0 atom stereocenters. The fourth-order valence-electron chi connectivity index (χ4n) is 1.62. The molecule has 0 radical (unpaired) electrons. The lowest BCUT2D eigenvalue weighted by atomic mass is 10.2. The van der Waals surface area contributed by atoms with Gasteiger partial charge in [0, 0.05) is 18.9 Å². The Labute approximate surface area is 101 Å². The summed E-state index contributed by atoms with van der Waals surface area (Å²) >= 11 is 0. The number of nitrogens with one attached hydrogen (secondary N) is 3. The van der Waals surface area contributed by atoms with E-state index in [2.05, 4.69) is 15.0 Å². The van der Waals surface area contributed by atoms with E-state index in [1.165, 1.54) is 16.8 Å². The van der Waals surface area contributed by atoms with E-state index in [4.69, 9.17) is 0 Å². The molecule has 2 aromatic rings. The molecule has 0 amide bonds. The molecular formula is C11H12N4O3. The molecule has 0 unspecified atom stereocenters. The van der Waals surface area contributed by atoms with Crippen molar-refractivity contribution in [2.75, 3.05) is 0 Å². The number of imidazole rings is 1. The predicted octanol–water partition coefficient (Wildman–Crippen LogP) is -0.431. The lowest BCUT2D eigenvalue weighted by Crippen LogP contribution is -2.22. The highest BCUT2D eigenvalue weighted by Gasteiger charge is 2.04. The van der Waals surface area contributed by atoms with Gasteiger partial charge in [0.1, 0.15) is 0 Å². The van der Waals surface area contributed by atoms with Crippen LogP contribution in [0.5, 0.6) is 0 Å². The first-order valence-electron chi connectivity index (χ1n) is 5.24. The van der Waals surface area contributed by atoms with Gasteiger partial charge < -0.3 is 9.97 Å². The number of H-pyrrole nitrogens is 3. The lowest BCUT2D eigenvalue weighted by Gasteiger charge is -1.96. The third kappa shape index (κ3) is 2.10. The van der Waals surface area contributed by atoms with Gasteiger partial charge in [-0.3, -0.25) is 14.3 Å². The van der Waals surface area contributed by atoms with Crippen LogP contribution in [0, 0.1) is 6.92 Å². The van der Waals surface area contributed by atoms with Crippen molar-refractivity contribution >= 4 is 12.2 Å². The molecule has 0 aromatic carbocycles. The van der Waals surface area contributed by atoms with Crippen LogP contribution in [-0.4, -0.2) is 19.5 Å². The number of hydrogen-bond acceptors (Lipinski definition) is 3. The van der Waals surface area contributed by atoms with Crippen molar-refractivity contribution in [2.24, 2.45) is 7.05 Å². The van der Waals surface area contributed by atoms with Gasteiger partial charge in [0.25, 0.3) is 5.56 Å². The normalized spacial score (nSPS) is 11.2. The molecule has 3 N–H and O–H groups in total. The molecule has 0 saturated carbocycles. The summed E-state index contributed by atoms with van der Waals surface area (Å²) in [4.78, 5) is 40.8. The minimum atomic E-state index is -0.553. The molecule has 0 fully saturated rings. The molecule has 0 saturated heterocycles. The van der Waals surface area contributed by atoms with Gasteiger partial charge in [-0.15, -0.1) is 0 Å². The number of nitrogens with zero attached hydrogens (tertiary/aromatic N) is 1. The van der Waals surface area contributed by atoms with Crippen LogP contribution in [0.4, 0.5) is 0 Å². The van der Waals surface area contributed by atoms with Crippen molar-refractivity contribution in [3.05, 3.63) is 54.5 Å². The van der Waals surface area contributed by atoms with Crippen molar-refractivity contribution in [2.45, 2.75) is 6.92 Å². The number of rotatable bonds is 2. The average Bonchev–Trinajstić information content (AvgIpc) is 2.53. The van der Waals surface area contributed by atoms with E-state index in [0.717, 1.165) is 0 Å². The molecule has 0 aliphatic heterocycles. The number of aromatic amines is 3. The van der Waals surface area contributed by atoms with Gasteiger partial charge in [-0.05, 0) is 19.1 Å². The van der Waals surface area contributed by atoms with Gasteiger partial charge in [-0.25, -0.2) is 9.59 Å². The molecule has 0 aliphatic carbocycles. The van der Waals surface area contributed by atoms with Gasteiger partial charge in [0.05, 0.1) is 11.3 Å². The Morgan fingerprint density at radius 2 is 1.89 bits per heavy atom.